The Hall–Kier alpha value is -3.57. The number of aromatic amines is 1. The zero-order valence-electron chi connectivity index (χ0n) is 23.3. The molecule has 0 amide bonds. The minimum Gasteiger partial charge on any atom is -0.374 e. The monoisotopic (exact) mass is 581 g/mol. The minimum atomic E-state index is -0.528. The molecule has 7 N–H and O–H groups in total. The Balaban J connectivity index is 1.51. The molecule has 0 spiro atoms. The van der Waals surface area contributed by atoms with E-state index in [1.807, 2.05) is 31.2 Å². The molecule has 4 aromatic rings. The Morgan fingerprint density at radius 2 is 1.98 bits per heavy atom. The Labute approximate surface area is 243 Å². The highest BCUT2D eigenvalue weighted by atomic mass is 35.5. The van der Waals surface area contributed by atoms with Crippen LogP contribution in [-0.4, -0.2) is 45.6 Å². The number of halogens is 2. The average molecular weight is 582 g/mol. The maximum Gasteiger partial charge on any atom is 0.354 e. The third-order valence-corrected chi connectivity index (χ3v) is 7.11. The highest BCUT2D eigenvalue weighted by Gasteiger charge is 2.16. The summed E-state index contributed by atoms with van der Waals surface area (Å²) in [5.41, 5.74) is 14.9. The fourth-order valence-corrected chi connectivity index (χ4v) is 4.84. The summed E-state index contributed by atoms with van der Waals surface area (Å²) in [6, 6.07) is 12.7. The van der Waals surface area contributed by atoms with Crippen LogP contribution in [0.2, 0.25) is 5.02 Å². The van der Waals surface area contributed by atoms with Crippen LogP contribution in [0.25, 0.3) is 28.0 Å². The standard InChI is InChI=1S/C30H37ClFN7O2/c1-18(34)4-3-5-21-12-25(28(32)26(31)13-21)27-14-22-16-39(30(40)38-29(22)37-27)23-8-6-20(7-9-23)17-41-24(15-33)10-11-36-19(2)35/h6-9,12-14,16,18,24H,3-5,10-11,15,17,33-34H2,1-2H3,(H2,35,36)(H,37,38,40)/t18-,24-/m0/s1. The Morgan fingerprint density at radius 3 is 2.66 bits per heavy atom. The first-order chi connectivity index (χ1) is 19.6. The first-order valence-corrected chi connectivity index (χ1v) is 14.1. The van der Waals surface area contributed by atoms with Gasteiger partial charge in [-0.1, -0.05) is 23.7 Å². The molecule has 2 aromatic carbocycles. The van der Waals surface area contributed by atoms with Gasteiger partial charge in [-0.3, -0.25) is 9.98 Å². The fourth-order valence-electron chi connectivity index (χ4n) is 4.59. The smallest absolute Gasteiger partial charge is 0.354 e. The molecule has 0 saturated carbocycles. The third-order valence-electron chi connectivity index (χ3n) is 6.83. The van der Waals surface area contributed by atoms with Gasteiger partial charge in [0.1, 0.15) is 5.65 Å². The van der Waals surface area contributed by atoms with Gasteiger partial charge in [0.05, 0.1) is 35.0 Å². The molecule has 0 aliphatic rings. The highest BCUT2D eigenvalue weighted by Crippen LogP contribution is 2.31. The van der Waals surface area contributed by atoms with E-state index in [2.05, 4.69) is 15.3 Å². The molecular formula is C30H37ClFN7O2. The van der Waals surface area contributed by atoms with Crippen LogP contribution in [0.3, 0.4) is 0 Å². The number of ether oxygens (including phenoxy) is 1. The Kier molecular flexibility index (Phi) is 10.3. The molecule has 2 atom stereocenters. The summed E-state index contributed by atoms with van der Waals surface area (Å²) >= 11 is 6.22. The lowest BCUT2D eigenvalue weighted by Crippen LogP contribution is -2.30. The predicted octanol–water partition coefficient (Wildman–Crippen LogP) is 4.66. The van der Waals surface area contributed by atoms with Crippen molar-refractivity contribution in [3.8, 4) is 16.9 Å². The number of nitrogens with two attached hydrogens (primary N) is 2. The van der Waals surface area contributed by atoms with Crippen molar-refractivity contribution in [2.75, 3.05) is 13.1 Å². The highest BCUT2D eigenvalue weighted by molar-refractivity contribution is 6.31. The molecule has 11 heteroatoms. The van der Waals surface area contributed by atoms with E-state index in [0.29, 0.717) is 59.9 Å². The van der Waals surface area contributed by atoms with Gasteiger partial charge >= 0.3 is 5.69 Å². The van der Waals surface area contributed by atoms with Crippen LogP contribution in [0.5, 0.6) is 0 Å². The van der Waals surface area contributed by atoms with Gasteiger partial charge in [-0.15, -0.1) is 0 Å². The molecule has 2 aromatic heterocycles. The van der Waals surface area contributed by atoms with Crippen molar-refractivity contribution < 1.29 is 9.13 Å². The number of rotatable bonds is 13. The van der Waals surface area contributed by atoms with Crippen LogP contribution in [0, 0.1) is 11.2 Å². The van der Waals surface area contributed by atoms with E-state index in [1.165, 1.54) is 4.57 Å². The van der Waals surface area contributed by atoms with E-state index < -0.39 is 11.5 Å². The number of aromatic nitrogens is 3. The number of hydrogen-bond donors (Lipinski definition) is 5. The van der Waals surface area contributed by atoms with Crippen molar-refractivity contribution in [1.82, 2.24) is 19.9 Å². The van der Waals surface area contributed by atoms with E-state index in [1.54, 1.807) is 31.3 Å². The minimum absolute atomic E-state index is 0.0458. The van der Waals surface area contributed by atoms with Gasteiger partial charge in [-0.05, 0) is 81.0 Å². The first kappa shape index (κ1) is 30.4. The number of aryl methyl sites for hydroxylation is 1. The normalized spacial score (nSPS) is 12.9. The molecule has 218 valence electrons. The van der Waals surface area contributed by atoms with Gasteiger partial charge in [-0.2, -0.15) is 4.98 Å². The molecule has 2 heterocycles. The summed E-state index contributed by atoms with van der Waals surface area (Å²) in [7, 11) is 0. The van der Waals surface area contributed by atoms with E-state index in [4.69, 9.17) is 33.2 Å². The van der Waals surface area contributed by atoms with Crippen molar-refractivity contribution in [1.29, 1.82) is 5.41 Å². The second kappa shape index (κ2) is 13.9. The van der Waals surface area contributed by atoms with E-state index >= 15 is 4.39 Å². The number of benzene rings is 2. The van der Waals surface area contributed by atoms with Gasteiger partial charge < -0.3 is 26.5 Å². The predicted molar refractivity (Wildman–Crippen MR) is 162 cm³/mol. The summed E-state index contributed by atoms with van der Waals surface area (Å²) in [4.78, 5) is 20.2. The van der Waals surface area contributed by atoms with Crippen LogP contribution >= 0.6 is 11.6 Å². The Bertz CT molecular complexity index is 1550. The maximum absolute atomic E-state index is 15.0. The van der Waals surface area contributed by atoms with E-state index in [0.717, 1.165) is 30.4 Å². The van der Waals surface area contributed by atoms with Crippen LogP contribution in [0.1, 0.15) is 44.2 Å². The molecule has 0 aliphatic carbocycles. The van der Waals surface area contributed by atoms with Gasteiger partial charge in [0.25, 0.3) is 0 Å². The summed E-state index contributed by atoms with van der Waals surface area (Å²) < 4.78 is 22.4. The molecule has 0 saturated heterocycles. The molecule has 0 fully saturated rings. The molecule has 0 aliphatic heterocycles. The van der Waals surface area contributed by atoms with Gasteiger partial charge in [0, 0.05) is 36.3 Å². The number of hydrogen-bond acceptors (Lipinski definition) is 6. The van der Waals surface area contributed by atoms with E-state index in [9.17, 15) is 4.79 Å². The summed E-state index contributed by atoms with van der Waals surface area (Å²) in [6.07, 6.45) is 4.71. The number of H-pyrrole nitrogens is 1. The SMILES string of the molecule is CC(=N)NCC[C@@H](CN)OCc1ccc(-n2cc3cc(-c4cc(CCC[C@H](C)N)cc(Cl)c4F)[nH]c3nc2=O)cc1. The average Bonchev–Trinajstić information content (AvgIpc) is 3.34. The second-order valence-electron chi connectivity index (χ2n) is 10.4. The van der Waals surface area contributed by atoms with E-state index in [-0.39, 0.29) is 17.2 Å². The summed E-state index contributed by atoms with van der Waals surface area (Å²) in [5, 5.41) is 11.1. The van der Waals surface area contributed by atoms with Gasteiger partial charge in [-0.25, -0.2) is 9.18 Å². The third kappa shape index (κ3) is 8.01. The van der Waals surface area contributed by atoms with Crippen LogP contribution < -0.4 is 22.5 Å². The lowest BCUT2D eigenvalue weighted by molar-refractivity contribution is 0.0418. The Morgan fingerprint density at radius 1 is 1.22 bits per heavy atom. The van der Waals surface area contributed by atoms with Crippen LogP contribution in [0.15, 0.2) is 53.5 Å². The van der Waals surface area contributed by atoms with Crippen molar-refractivity contribution in [3.05, 3.63) is 81.1 Å². The molecule has 41 heavy (non-hydrogen) atoms. The number of amidine groups is 1. The van der Waals surface area contributed by atoms with Crippen molar-refractivity contribution in [3.63, 3.8) is 0 Å². The molecule has 4 rings (SSSR count). The summed E-state index contributed by atoms with van der Waals surface area (Å²) in [5.74, 6) is -0.121. The lowest BCUT2D eigenvalue weighted by atomic mass is 10.0. The van der Waals surface area contributed by atoms with Crippen LogP contribution in [0.4, 0.5) is 4.39 Å². The zero-order valence-corrected chi connectivity index (χ0v) is 24.1. The zero-order chi connectivity index (χ0) is 29.5. The summed E-state index contributed by atoms with van der Waals surface area (Å²) in [6.45, 7) is 5.02. The number of nitrogens with zero attached hydrogens (tertiary/aromatic N) is 2. The quantitative estimate of drug-likeness (QED) is 0.114. The molecule has 0 unspecified atom stereocenters. The number of nitrogens with one attached hydrogen (secondary N) is 3. The maximum atomic E-state index is 15.0. The van der Waals surface area contributed by atoms with Crippen LogP contribution in [-0.2, 0) is 17.8 Å². The van der Waals surface area contributed by atoms with Gasteiger partial charge in [0.2, 0.25) is 0 Å². The van der Waals surface area contributed by atoms with Crippen molar-refractivity contribution in [2.45, 2.75) is 58.3 Å². The first-order valence-electron chi connectivity index (χ1n) is 13.7. The van der Waals surface area contributed by atoms with Gasteiger partial charge in [0.15, 0.2) is 5.82 Å². The lowest BCUT2D eigenvalue weighted by Gasteiger charge is -2.16. The fraction of sp³-hybridized carbons (Fsp3) is 0.367. The topological polar surface area (TPSA) is 148 Å². The largest absolute Gasteiger partial charge is 0.374 e. The number of fused-ring (bicyclic) bond motifs is 1. The molecule has 0 bridgehead atoms. The van der Waals surface area contributed by atoms with Crippen molar-refractivity contribution in [2.24, 2.45) is 11.5 Å². The molecule has 0 radical (unpaired) electrons. The molecule has 9 nitrogen and oxygen atoms in total. The second-order valence-corrected chi connectivity index (χ2v) is 10.8. The molecular weight excluding hydrogens is 545 g/mol. The van der Waals surface area contributed by atoms with Crippen molar-refractivity contribution >= 4 is 28.5 Å².